The predicted molar refractivity (Wildman–Crippen MR) is 91.2 cm³/mol. The van der Waals surface area contributed by atoms with Gasteiger partial charge in [-0.25, -0.2) is 0 Å². The summed E-state index contributed by atoms with van der Waals surface area (Å²) in [4.78, 5) is 23.8. The van der Waals surface area contributed by atoms with Crippen molar-refractivity contribution in [1.29, 1.82) is 0 Å². The minimum absolute atomic E-state index is 0.0636. The van der Waals surface area contributed by atoms with Crippen LogP contribution in [0.1, 0.15) is 72.1 Å². The number of hydrogen-bond acceptors (Lipinski definition) is 4. The summed E-state index contributed by atoms with van der Waals surface area (Å²) < 4.78 is 11.1. The first-order valence-electron chi connectivity index (χ1n) is 9.76. The zero-order chi connectivity index (χ0) is 17.3. The highest BCUT2D eigenvalue weighted by molar-refractivity contribution is 5.72. The van der Waals surface area contributed by atoms with Gasteiger partial charge in [0.25, 0.3) is 0 Å². The van der Waals surface area contributed by atoms with Crippen LogP contribution in [0.15, 0.2) is 0 Å². The van der Waals surface area contributed by atoms with Gasteiger partial charge in [-0.15, -0.1) is 0 Å². The molecule has 3 unspecified atom stereocenters. The van der Waals surface area contributed by atoms with E-state index in [1.165, 1.54) is 32.1 Å². The Morgan fingerprint density at radius 2 is 1.83 bits per heavy atom. The van der Waals surface area contributed by atoms with E-state index in [1.54, 1.807) is 0 Å². The van der Waals surface area contributed by atoms with Crippen molar-refractivity contribution in [2.45, 2.75) is 78.2 Å². The first-order chi connectivity index (χ1) is 11.4. The number of carbonyl (C=O) groups excluding carboxylic acids is 2. The molecule has 0 aromatic heterocycles. The van der Waals surface area contributed by atoms with E-state index in [-0.39, 0.29) is 24.0 Å². The van der Waals surface area contributed by atoms with Crippen molar-refractivity contribution in [2.75, 3.05) is 6.61 Å². The lowest BCUT2D eigenvalue weighted by atomic mass is 9.49. The van der Waals surface area contributed by atoms with Crippen LogP contribution in [-0.2, 0) is 19.1 Å². The number of rotatable bonds is 7. The largest absolute Gasteiger partial charge is 0.465 e. The molecular weight excluding hydrogens is 304 g/mol. The van der Waals surface area contributed by atoms with Gasteiger partial charge >= 0.3 is 11.9 Å². The Labute approximate surface area is 145 Å². The van der Waals surface area contributed by atoms with Crippen molar-refractivity contribution in [1.82, 2.24) is 0 Å². The lowest BCUT2D eigenvalue weighted by Gasteiger charge is -2.58. The Bertz CT molecular complexity index is 470. The van der Waals surface area contributed by atoms with Crippen LogP contribution >= 0.6 is 0 Å². The topological polar surface area (TPSA) is 52.6 Å². The Hall–Kier alpha value is -1.06. The molecule has 0 heterocycles. The van der Waals surface area contributed by atoms with Crippen LogP contribution in [0.3, 0.4) is 0 Å². The van der Waals surface area contributed by atoms with Crippen molar-refractivity contribution in [3.05, 3.63) is 0 Å². The summed E-state index contributed by atoms with van der Waals surface area (Å²) >= 11 is 0. The van der Waals surface area contributed by atoms with Crippen LogP contribution in [0.2, 0.25) is 0 Å². The smallest absolute Gasteiger partial charge is 0.308 e. The maximum Gasteiger partial charge on any atom is 0.308 e. The van der Waals surface area contributed by atoms with Crippen molar-refractivity contribution < 1.29 is 19.1 Å². The molecule has 0 N–H and O–H groups in total. The summed E-state index contributed by atoms with van der Waals surface area (Å²) in [6.07, 6.45) is 8.16. The molecule has 0 aliphatic heterocycles. The Balaban J connectivity index is 1.39. The molecule has 0 saturated heterocycles. The lowest BCUT2D eigenvalue weighted by molar-refractivity contribution is -0.180. The molecule has 4 saturated carbocycles. The van der Waals surface area contributed by atoms with E-state index in [9.17, 15) is 9.59 Å². The Morgan fingerprint density at radius 1 is 1.17 bits per heavy atom. The van der Waals surface area contributed by atoms with E-state index < -0.39 is 0 Å². The molecule has 0 spiro atoms. The predicted octanol–water partition coefficient (Wildman–Crippen LogP) is 4.11. The fourth-order valence-electron chi connectivity index (χ4n) is 5.49. The summed E-state index contributed by atoms with van der Waals surface area (Å²) in [7, 11) is 0. The van der Waals surface area contributed by atoms with Gasteiger partial charge in [-0.2, -0.15) is 0 Å². The summed E-state index contributed by atoms with van der Waals surface area (Å²) in [5, 5.41) is 0. The second kappa shape index (κ2) is 7.05. The van der Waals surface area contributed by atoms with Gasteiger partial charge in [0.05, 0.1) is 12.5 Å². The second-order valence-corrected chi connectivity index (χ2v) is 8.82. The molecule has 4 aliphatic carbocycles. The maximum atomic E-state index is 12.2. The molecule has 0 aromatic rings. The van der Waals surface area contributed by atoms with Gasteiger partial charge < -0.3 is 9.47 Å². The molecule has 4 heteroatoms. The molecule has 0 aromatic carbocycles. The summed E-state index contributed by atoms with van der Waals surface area (Å²) in [5.41, 5.74) is 0.504. The van der Waals surface area contributed by atoms with Gasteiger partial charge in [0.2, 0.25) is 0 Å². The Kier molecular flexibility index (Phi) is 5.22. The van der Waals surface area contributed by atoms with Gasteiger partial charge in [0.15, 0.2) is 0 Å². The monoisotopic (exact) mass is 336 g/mol. The quantitative estimate of drug-likeness (QED) is 0.518. The highest BCUT2D eigenvalue weighted by Gasteiger charge is 2.54. The molecular formula is C20H32O4. The Morgan fingerprint density at radius 3 is 2.42 bits per heavy atom. The van der Waals surface area contributed by atoms with Crippen LogP contribution in [0, 0.1) is 29.1 Å². The third-order valence-electron chi connectivity index (χ3n) is 6.54. The highest BCUT2D eigenvalue weighted by atomic mass is 16.5. The normalized spacial score (nSPS) is 38.0. The number of ether oxygens (including phenoxy) is 2. The number of carbonyl (C=O) groups is 2. The molecule has 4 rings (SSSR count). The molecule has 24 heavy (non-hydrogen) atoms. The molecule has 4 nitrogen and oxygen atoms in total. The average molecular weight is 336 g/mol. The highest BCUT2D eigenvalue weighted by Crippen LogP contribution is 2.60. The van der Waals surface area contributed by atoms with Crippen molar-refractivity contribution >= 4 is 11.9 Å². The molecule has 4 fully saturated rings. The molecule has 0 radical (unpaired) electrons. The summed E-state index contributed by atoms with van der Waals surface area (Å²) in [6, 6.07) is 0. The molecule has 4 aliphatic rings. The standard InChI is InChI=1S/C20H32O4/c1-4-13(2)19(22)23-7-5-6-17(21)24-18-15-8-14-9-16(18)12-20(3,10-14)11-15/h13-16,18H,4-12H2,1-3H3. The van der Waals surface area contributed by atoms with Crippen LogP contribution in [-0.4, -0.2) is 24.6 Å². The third kappa shape index (κ3) is 3.78. The van der Waals surface area contributed by atoms with E-state index >= 15 is 0 Å². The van der Waals surface area contributed by atoms with Crippen molar-refractivity contribution in [2.24, 2.45) is 29.1 Å². The van der Waals surface area contributed by atoms with E-state index in [0.717, 1.165) is 12.3 Å². The van der Waals surface area contributed by atoms with Crippen LogP contribution < -0.4 is 0 Å². The molecule has 136 valence electrons. The van der Waals surface area contributed by atoms with Crippen LogP contribution in [0.5, 0.6) is 0 Å². The average Bonchev–Trinajstić information content (AvgIpc) is 2.52. The maximum absolute atomic E-state index is 12.2. The summed E-state index contributed by atoms with van der Waals surface area (Å²) in [6.45, 7) is 6.57. The van der Waals surface area contributed by atoms with Crippen molar-refractivity contribution in [3.63, 3.8) is 0 Å². The first-order valence-corrected chi connectivity index (χ1v) is 9.76. The number of hydrogen-bond donors (Lipinski definition) is 0. The van der Waals surface area contributed by atoms with Crippen LogP contribution in [0.4, 0.5) is 0 Å². The van der Waals surface area contributed by atoms with Gasteiger partial charge in [-0.05, 0) is 68.1 Å². The van der Waals surface area contributed by atoms with Crippen LogP contribution in [0.25, 0.3) is 0 Å². The lowest BCUT2D eigenvalue weighted by Crippen LogP contribution is -2.53. The molecule has 4 bridgehead atoms. The van der Waals surface area contributed by atoms with Gasteiger partial charge in [-0.1, -0.05) is 20.8 Å². The van der Waals surface area contributed by atoms with E-state index in [2.05, 4.69) is 6.92 Å². The minimum atomic E-state index is -0.167. The fourth-order valence-corrected chi connectivity index (χ4v) is 5.49. The second-order valence-electron chi connectivity index (χ2n) is 8.82. The zero-order valence-corrected chi connectivity index (χ0v) is 15.4. The third-order valence-corrected chi connectivity index (χ3v) is 6.54. The van der Waals surface area contributed by atoms with Gasteiger partial charge in [-0.3, -0.25) is 9.59 Å². The SMILES string of the molecule is CCC(C)C(=O)OCCCC(=O)OC1C2CC3CC1CC(C)(C3)C2. The molecule has 0 amide bonds. The summed E-state index contributed by atoms with van der Waals surface area (Å²) in [5.74, 6) is 1.67. The minimum Gasteiger partial charge on any atom is -0.465 e. The van der Waals surface area contributed by atoms with E-state index in [0.29, 0.717) is 36.7 Å². The van der Waals surface area contributed by atoms with Gasteiger partial charge in [0, 0.05) is 6.42 Å². The zero-order valence-electron chi connectivity index (χ0n) is 15.4. The first kappa shape index (κ1) is 17.8. The molecule has 3 atom stereocenters. The number of esters is 2. The van der Waals surface area contributed by atoms with E-state index in [4.69, 9.17) is 9.47 Å². The van der Waals surface area contributed by atoms with Crippen molar-refractivity contribution in [3.8, 4) is 0 Å². The van der Waals surface area contributed by atoms with Gasteiger partial charge in [0.1, 0.15) is 6.10 Å². The fraction of sp³-hybridized carbons (Fsp3) is 0.900. The van der Waals surface area contributed by atoms with E-state index in [1.807, 2.05) is 13.8 Å².